The number of aliphatic hydroxyl groups is 1. The van der Waals surface area contributed by atoms with Crippen LogP contribution in [-0.4, -0.2) is 49.3 Å². The number of nitrogens with one attached hydrogen (secondary N) is 1. The highest BCUT2D eigenvalue weighted by atomic mass is 35.5. The number of carbonyl (C=O) groups excluding carboxylic acids is 1. The Labute approximate surface area is 186 Å². The van der Waals surface area contributed by atoms with Crippen LogP contribution in [-0.2, 0) is 10.4 Å². The summed E-state index contributed by atoms with van der Waals surface area (Å²) in [6.07, 6.45) is 1.44. The minimum Gasteiger partial charge on any atom is -0.495 e. The summed E-state index contributed by atoms with van der Waals surface area (Å²) in [6, 6.07) is 10.7. The Bertz CT molecular complexity index is 891. The van der Waals surface area contributed by atoms with Crippen LogP contribution in [0.3, 0.4) is 0 Å². The van der Waals surface area contributed by atoms with Crippen molar-refractivity contribution in [3.8, 4) is 11.5 Å². The van der Waals surface area contributed by atoms with Crippen molar-refractivity contribution in [3.63, 3.8) is 0 Å². The fourth-order valence-electron chi connectivity index (χ4n) is 3.63. The molecule has 1 saturated heterocycles. The van der Waals surface area contributed by atoms with Crippen molar-refractivity contribution < 1.29 is 19.4 Å². The zero-order valence-corrected chi connectivity index (χ0v) is 18.6. The first-order chi connectivity index (χ1) is 14.3. The zero-order chi connectivity index (χ0) is 21.7. The molecule has 0 radical (unpaired) electrons. The van der Waals surface area contributed by atoms with Gasteiger partial charge in [0.25, 0.3) is 0 Å². The molecule has 1 heterocycles. The molecule has 1 aliphatic rings. The molecule has 162 valence electrons. The Balaban J connectivity index is 1.54. The van der Waals surface area contributed by atoms with Crippen LogP contribution in [0.4, 0.5) is 5.69 Å². The number of β-amino-alcohol motifs (C(OH)–C–C–N with tert-alkyl or cyclic N) is 1. The molecular formula is C22H26Cl2N2O4. The summed E-state index contributed by atoms with van der Waals surface area (Å²) >= 11 is 12.1. The molecule has 0 spiro atoms. The molecule has 0 aromatic heterocycles. The molecule has 2 aromatic rings. The van der Waals surface area contributed by atoms with Gasteiger partial charge in [-0.25, -0.2) is 0 Å². The zero-order valence-electron chi connectivity index (χ0n) is 17.1. The van der Waals surface area contributed by atoms with E-state index in [1.165, 1.54) is 14.0 Å². The van der Waals surface area contributed by atoms with Crippen LogP contribution in [0, 0.1) is 0 Å². The normalized spacial score (nSPS) is 19.0. The highest BCUT2D eigenvalue weighted by Crippen LogP contribution is 2.36. The average molecular weight is 453 g/mol. The molecular weight excluding hydrogens is 427 g/mol. The molecule has 8 heteroatoms. The molecule has 1 aliphatic heterocycles. The summed E-state index contributed by atoms with van der Waals surface area (Å²) in [7, 11) is 1.53. The van der Waals surface area contributed by atoms with Gasteiger partial charge in [-0.3, -0.25) is 9.69 Å². The molecule has 0 aliphatic carbocycles. The lowest BCUT2D eigenvalue weighted by molar-refractivity contribution is -0.114. The molecule has 2 N–H and O–H groups in total. The second kappa shape index (κ2) is 9.88. The van der Waals surface area contributed by atoms with Gasteiger partial charge in [-0.2, -0.15) is 0 Å². The van der Waals surface area contributed by atoms with E-state index in [2.05, 4.69) is 10.2 Å². The quantitative estimate of drug-likeness (QED) is 0.583. The van der Waals surface area contributed by atoms with Crippen molar-refractivity contribution in [1.82, 2.24) is 4.90 Å². The van der Waals surface area contributed by atoms with Gasteiger partial charge >= 0.3 is 0 Å². The number of hydrogen-bond donors (Lipinski definition) is 2. The predicted molar refractivity (Wildman–Crippen MR) is 119 cm³/mol. The Kier molecular flexibility index (Phi) is 7.47. The summed E-state index contributed by atoms with van der Waals surface area (Å²) in [6.45, 7) is 4.05. The molecule has 2 aromatic carbocycles. The largest absolute Gasteiger partial charge is 0.495 e. The van der Waals surface area contributed by atoms with E-state index in [0.717, 1.165) is 25.1 Å². The van der Waals surface area contributed by atoms with Crippen LogP contribution in [0.25, 0.3) is 0 Å². The van der Waals surface area contributed by atoms with E-state index in [0.29, 0.717) is 46.8 Å². The number of amides is 1. The summed E-state index contributed by atoms with van der Waals surface area (Å²) in [5, 5.41) is 14.8. The molecule has 6 nitrogen and oxygen atoms in total. The van der Waals surface area contributed by atoms with Crippen molar-refractivity contribution in [1.29, 1.82) is 0 Å². The lowest BCUT2D eigenvalue weighted by Crippen LogP contribution is -2.31. The maximum absolute atomic E-state index is 11.5. The first-order valence-electron chi connectivity index (χ1n) is 9.79. The lowest BCUT2D eigenvalue weighted by atomic mass is 9.93. The third-order valence-corrected chi connectivity index (χ3v) is 5.70. The van der Waals surface area contributed by atoms with Gasteiger partial charge in [0, 0.05) is 37.6 Å². The highest BCUT2D eigenvalue weighted by molar-refractivity contribution is 6.32. The lowest BCUT2D eigenvalue weighted by Gasteiger charge is -2.24. The van der Waals surface area contributed by atoms with Crippen molar-refractivity contribution >= 4 is 34.8 Å². The Morgan fingerprint density at radius 3 is 2.63 bits per heavy atom. The van der Waals surface area contributed by atoms with Crippen molar-refractivity contribution in [2.45, 2.75) is 25.4 Å². The second-order valence-electron chi connectivity index (χ2n) is 7.43. The van der Waals surface area contributed by atoms with Crippen LogP contribution in [0.1, 0.15) is 25.3 Å². The van der Waals surface area contributed by atoms with Gasteiger partial charge in [-0.15, -0.1) is 0 Å². The second-order valence-corrected chi connectivity index (χ2v) is 8.27. The number of carbonyl (C=O) groups is 1. The van der Waals surface area contributed by atoms with Crippen molar-refractivity contribution in [3.05, 3.63) is 52.0 Å². The number of anilines is 1. The number of hydrogen-bond acceptors (Lipinski definition) is 5. The molecule has 30 heavy (non-hydrogen) atoms. The Hall–Kier alpha value is -1.99. The monoisotopic (exact) mass is 452 g/mol. The molecule has 1 amide bonds. The van der Waals surface area contributed by atoms with Crippen molar-refractivity contribution in [2.75, 3.05) is 38.7 Å². The smallest absolute Gasteiger partial charge is 0.221 e. The Morgan fingerprint density at radius 1 is 1.23 bits per heavy atom. The summed E-state index contributed by atoms with van der Waals surface area (Å²) in [5.41, 5.74) is 0.540. The Morgan fingerprint density at radius 2 is 1.97 bits per heavy atom. The number of ether oxygens (including phenoxy) is 2. The molecule has 1 unspecified atom stereocenters. The number of methoxy groups -OCH3 is 1. The summed E-state index contributed by atoms with van der Waals surface area (Å²) < 4.78 is 11.1. The van der Waals surface area contributed by atoms with E-state index in [1.807, 2.05) is 12.1 Å². The topological polar surface area (TPSA) is 71.0 Å². The molecule has 0 bridgehead atoms. The van der Waals surface area contributed by atoms with Gasteiger partial charge in [-0.1, -0.05) is 35.3 Å². The van der Waals surface area contributed by atoms with Gasteiger partial charge in [0.2, 0.25) is 5.91 Å². The van der Waals surface area contributed by atoms with Crippen LogP contribution in [0.15, 0.2) is 36.4 Å². The molecule has 3 rings (SSSR count). The van der Waals surface area contributed by atoms with Crippen molar-refractivity contribution in [2.24, 2.45) is 0 Å². The van der Waals surface area contributed by atoms with E-state index in [4.69, 9.17) is 32.7 Å². The third-order valence-electron chi connectivity index (χ3n) is 5.15. The maximum atomic E-state index is 11.5. The van der Waals surface area contributed by atoms with Gasteiger partial charge in [0.1, 0.15) is 17.1 Å². The van der Waals surface area contributed by atoms with Gasteiger partial charge < -0.3 is 19.9 Å². The van der Waals surface area contributed by atoms with Crippen LogP contribution >= 0.6 is 23.2 Å². The first-order valence-corrected chi connectivity index (χ1v) is 10.5. The number of likely N-dealkylation sites (tertiary alicyclic amines) is 1. The molecule has 1 fully saturated rings. The SMILES string of the molecule is COc1cc(OCCCN2CCC(O)(c3ccc(Cl)cc3)C2)c(NC(C)=O)cc1Cl. The van der Waals surface area contributed by atoms with Crippen LogP contribution in [0.5, 0.6) is 11.5 Å². The van der Waals surface area contributed by atoms with Crippen LogP contribution < -0.4 is 14.8 Å². The maximum Gasteiger partial charge on any atom is 0.221 e. The minimum atomic E-state index is -0.854. The number of nitrogens with zero attached hydrogens (tertiary/aromatic N) is 1. The van der Waals surface area contributed by atoms with E-state index in [1.54, 1.807) is 24.3 Å². The first kappa shape index (κ1) is 22.7. The van der Waals surface area contributed by atoms with E-state index in [-0.39, 0.29) is 5.91 Å². The van der Waals surface area contributed by atoms with Gasteiger partial charge in [0.15, 0.2) is 0 Å². The van der Waals surface area contributed by atoms with E-state index >= 15 is 0 Å². The average Bonchev–Trinajstić information content (AvgIpc) is 3.09. The fourth-order valence-corrected chi connectivity index (χ4v) is 3.99. The number of rotatable bonds is 8. The molecule has 0 saturated carbocycles. The van der Waals surface area contributed by atoms with E-state index < -0.39 is 5.60 Å². The fraction of sp³-hybridized carbons (Fsp3) is 0.409. The number of halogens is 2. The summed E-state index contributed by atoms with van der Waals surface area (Å²) in [5.74, 6) is 0.776. The standard InChI is InChI=1S/C22H26Cl2N2O4/c1-15(27)25-19-12-18(24)20(29-2)13-21(19)30-11-3-9-26-10-8-22(28,14-26)16-4-6-17(23)7-5-16/h4-7,12-13,28H,3,8-11,14H2,1-2H3,(H,25,27). The minimum absolute atomic E-state index is 0.209. The third kappa shape index (κ3) is 5.58. The number of benzene rings is 2. The summed E-state index contributed by atoms with van der Waals surface area (Å²) in [4.78, 5) is 13.7. The molecule has 1 atom stereocenters. The van der Waals surface area contributed by atoms with Gasteiger partial charge in [0.05, 0.1) is 24.4 Å². The highest BCUT2D eigenvalue weighted by Gasteiger charge is 2.37. The van der Waals surface area contributed by atoms with Crippen LogP contribution in [0.2, 0.25) is 10.0 Å². The van der Waals surface area contributed by atoms with E-state index in [9.17, 15) is 9.90 Å². The van der Waals surface area contributed by atoms with Gasteiger partial charge in [-0.05, 0) is 36.6 Å². The predicted octanol–water partition coefficient (Wildman–Crippen LogP) is 4.32.